The van der Waals surface area contributed by atoms with Crippen molar-refractivity contribution >= 4 is 21.6 Å². The van der Waals surface area contributed by atoms with Crippen molar-refractivity contribution in [2.45, 2.75) is 18.4 Å². The Labute approximate surface area is 132 Å². The van der Waals surface area contributed by atoms with Crippen LogP contribution in [0.2, 0.25) is 0 Å². The summed E-state index contributed by atoms with van der Waals surface area (Å²) in [5.74, 6) is 0.753. The number of anilines is 1. The fraction of sp³-hybridized carbons (Fsp3) is 0.222. The molecule has 2 aromatic carbocycles. The maximum Gasteiger partial charge on any atom is 0.123 e. The first-order valence-corrected chi connectivity index (χ1v) is 8.00. The molecule has 0 radical (unpaired) electrons. The Hall–Kier alpha value is -1.61. The second kappa shape index (κ2) is 4.99. The van der Waals surface area contributed by atoms with Crippen LogP contribution >= 0.6 is 15.9 Å². The molecule has 3 atom stereocenters. The van der Waals surface area contributed by atoms with E-state index >= 15 is 0 Å². The van der Waals surface area contributed by atoms with Crippen LogP contribution in [0.25, 0.3) is 0 Å². The molecule has 106 valence electrons. The van der Waals surface area contributed by atoms with Crippen LogP contribution in [0.15, 0.2) is 59.1 Å². The summed E-state index contributed by atoms with van der Waals surface area (Å²) < 4.78 is 14.3. The number of benzene rings is 2. The van der Waals surface area contributed by atoms with Gasteiger partial charge in [-0.2, -0.15) is 0 Å². The lowest BCUT2D eigenvalue weighted by molar-refractivity contribution is 0.425. The standard InChI is InChI=1S/C18H15BrFN/c19-16-6-2-5-15-13-3-1-4-14(13)17(21-18(15)16)11-7-9-12(20)10-8-11/h1-3,5-10,13-14,17,21H,4H2/t13-,14+,17-/m0/s1. The molecular formula is C18H15BrFN. The molecule has 1 aliphatic heterocycles. The molecule has 0 bridgehead atoms. The number of hydrogen-bond donors (Lipinski definition) is 1. The van der Waals surface area contributed by atoms with Crippen LogP contribution in [0.1, 0.15) is 29.5 Å². The van der Waals surface area contributed by atoms with Crippen LogP contribution in [0.4, 0.5) is 10.1 Å². The van der Waals surface area contributed by atoms with Crippen LogP contribution in [0, 0.1) is 11.7 Å². The average Bonchev–Trinajstić information content (AvgIpc) is 2.98. The summed E-state index contributed by atoms with van der Waals surface area (Å²) in [4.78, 5) is 0. The average molecular weight is 344 g/mol. The van der Waals surface area contributed by atoms with Gasteiger partial charge in [-0.25, -0.2) is 4.39 Å². The Morgan fingerprint density at radius 3 is 2.71 bits per heavy atom. The molecule has 0 spiro atoms. The first-order valence-electron chi connectivity index (χ1n) is 7.21. The van der Waals surface area contributed by atoms with E-state index < -0.39 is 0 Å². The zero-order chi connectivity index (χ0) is 14.4. The van der Waals surface area contributed by atoms with Gasteiger partial charge in [0.15, 0.2) is 0 Å². The Morgan fingerprint density at radius 2 is 1.90 bits per heavy atom. The van der Waals surface area contributed by atoms with Gasteiger partial charge in [0.2, 0.25) is 0 Å². The predicted octanol–water partition coefficient (Wildman–Crippen LogP) is 5.41. The topological polar surface area (TPSA) is 12.0 Å². The number of rotatable bonds is 1. The lowest BCUT2D eigenvalue weighted by atomic mass is 9.77. The second-order valence-electron chi connectivity index (χ2n) is 5.73. The van der Waals surface area contributed by atoms with E-state index in [1.165, 1.54) is 11.3 Å². The Kier molecular flexibility index (Phi) is 3.11. The molecular weight excluding hydrogens is 329 g/mol. The van der Waals surface area contributed by atoms with E-state index in [0.717, 1.165) is 16.5 Å². The predicted molar refractivity (Wildman–Crippen MR) is 86.9 cm³/mol. The zero-order valence-corrected chi connectivity index (χ0v) is 13.0. The van der Waals surface area contributed by atoms with Crippen molar-refractivity contribution in [1.82, 2.24) is 0 Å². The monoisotopic (exact) mass is 343 g/mol. The number of allylic oxidation sites excluding steroid dienone is 2. The molecule has 0 unspecified atom stereocenters. The molecule has 0 saturated carbocycles. The Morgan fingerprint density at radius 1 is 1.10 bits per heavy atom. The summed E-state index contributed by atoms with van der Waals surface area (Å²) in [5.41, 5.74) is 3.66. The highest BCUT2D eigenvalue weighted by Gasteiger charge is 2.38. The van der Waals surface area contributed by atoms with E-state index in [1.807, 2.05) is 12.1 Å². The van der Waals surface area contributed by atoms with Crippen molar-refractivity contribution in [3.05, 3.63) is 76.0 Å². The highest BCUT2D eigenvalue weighted by molar-refractivity contribution is 9.10. The van der Waals surface area contributed by atoms with Crippen molar-refractivity contribution in [3.63, 3.8) is 0 Å². The maximum absolute atomic E-state index is 13.2. The number of nitrogens with one attached hydrogen (secondary N) is 1. The molecule has 2 aromatic rings. The van der Waals surface area contributed by atoms with Crippen molar-refractivity contribution in [2.75, 3.05) is 5.32 Å². The molecule has 1 heterocycles. The molecule has 0 fully saturated rings. The summed E-state index contributed by atoms with van der Waals surface area (Å²) in [6.07, 6.45) is 5.64. The SMILES string of the molecule is Fc1ccc([C@@H]2Nc3c(Br)cccc3[C@H]3C=CC[C@H]32)cc1. The van der Waals surface area contributed by atoms with Gasteiger partial charge in [-0.3, -0.25) is 0 Å². The molecule has 21 heavy (non-hydrogen) atoms. The minimum atomic E-state index is -0.183. The first kappa shape index (κ1) is 13.1. The number of para-hydroxylation sites is 1. The van der Waals surface area contributed by atoms with Gasteiger partial charge in [-0.15, -0.1) is 0 Å². The van der Waals surface area contributed by atoms with Gasteiger partial charge in [0.25, 0.3) is 0 Å². The van der Waals surface area contributed by atoms with E-state index in [4.69, 9.17) is 0 Å². The summed E-state index contributed by atoms with van der Waals surface area (Å²) in [6, 6.07) is 13.4. The fourth-order valence-electron chi connectivity index (χ4n) is 3.58. The number of hydrogen-bond acceptors (Lipinski definition) is 1. The molecule has 2 aliphatic rings. The quantitative estimate of drug-likeness (QED) is 0.682. The van der Waals surface area contributed by atoms with Gasteiger partial charge in [0.05, 0.1) is 11.7 Å². The Balaban J connectivity index is 1.81. The van der Waals surface area contributed by atoms with Gasteiger partial charge in [0, 0.05) is 10.4 Å². The van der Waals surface area contributed by atoms with Crippen molar-refractivity contribution in [3.8, 4) is 0 Å². The van der Waals surface area contributed by atoms with Crippen LogP contribution in [0.5, 0.6) is 0 Å². The summed E-state index contributed by atoms with van der Waals surface area (Å²) in [5, 5.41) is 3.66. The van der Waals surface area contributed by atoms with Gasteiger partial charge in [-0.05, 0) is 57.6 Å². The van der Waals surface area contributed by atoms with E-state index in [2.05, 4.69) is 51.6 Å². The zero-order valence-electron chi connectivity index (χ0n) is 11.4. The van der Waals surface area contributed by atoms with Crippen molar-refractivity contribution in [2.24, 2.45) is 5.92 Å². The fourth-order valence-corrected chi connectivity index (χ4v) is 4.08. The second-order valence-corrected chi connectivity index (χ2v) is 6.59. The molecule has 1 N–H and O–H groups in total. The molecule has 0 saturated heterocycles. The molecule has 1 aliphatic carbocycles. The van der Waals surface area contributed by atoms with Crippen molar-refractivity contribution in [1.29, 1.82) is 0 Å². The summed E-state index contributed by atoms with van der Waals surface area (Å²) in [7, 11) is 0. The molecule has 0 aromatic heterocycles. The minimum absolute atomic E-state index is 0.183. The number of halogens is 2. The van der Waals surface area contributed by atoms with E-state index in [1.54, 1.807) is 12.1 Å². The van der Waals surface area contributed by atoms with E-state index in [-0.39, 0.29) is 11.9 Å². The summed E-state index contributed by atoms with van der Waals surface area (Å²) in [6.45, 7) is 0. The van der Waals surface area contributed by atoms with E-state index in [9.17, 15) is 4.39 Å². The molecule has 1 nitrogen and oxygen atoms in total. The molecule has 0 amide bonds. The van der Waals surface area contributed by atoms with Gasteiger partial charge in [0.1, 0.15) is 5.82 Å². The minimum Gasteiger partial charge on any atom is -0.377 e. The van der Waals surface area contributed by atoms with Crippen LogP contribution in [-0.2, 0) is 0 Å². The third-order valence-corrected chi connectivity index (χ3v) is 5.24. The van der Waals surface area contributed by atoms with Gasteiger partial charge >= 0.3 is 0 Å². The van der Waals surface area contributed by atoms with Gasteiger partial charge < -0.3 is 5.32 Å². The lowest BCUT2D eigenvalue weighted by Gasteiger charge is -2.38. The third kappa shape index (κ3) is 2.11. The highest BCUT2D eigenvalue weighted by atomic mass is 79.9. The third-order valence-electron chi connectivity index (χ3n) is 4.58. The maximum atomic E-state index is 13.2. The van der Waals surface area contributed by atoms with Crippen LogP contribution < -0.4 is 5.32 Å². The molecule has 4 rings (SSSR count). The normalized spacial score (nSPS) is 26.1. The summed E-state index contributed by atoms with van der Waals surface area (Å²) >= 11 is 3.64. The Bertz CT molecular complexity index is 708. The van der Waals surface area contributed by atoms with Crippen LogP contribution in [-0.4, -0.2) is 0 Å². The smallest absolute Gasteiger partial charge is 0.123 e. The van der Waals surface area contributed by atoms with Gasteiger partial charge in [-0.1, -0.05) is 36.4 Å². The largest absolute Gasteiger partial charge is 0.377 e. The van der Waals surface area contributed by atoms with Crippen molar-refractivity contribution < 1.29 is 4.39 Å². The van der Waals surface area contributed by atoms with Crippen LogP contribution in [0.3, 0.4) is 0 Å². The first-order chi connectivity index (χ1) is 10.2. The number of fused-ring (bicyclic) bond motifs is 3. The highest BCUT2D eigenvalue weighted by Crippen LogP contribution is 2.51. The van der Waals surface area contributed by atoms with E-state index in [0.29, 0.717) is 11.8 Å². The lowest BCUT2D eigenvalue weighted by Crippen LogP contribution is -2.29. The molecule has 3 heteroatoms.